The van der Waals surface area contributed by atoms with Crippen LogP contribution in [0.2, 0.25) is 10.0 Å². The Labute approximate surface area is 217 Å². The molecule has 0 saturated heterocycles. The lowest BCUT2D eigenvalue weighted by atomic mass is 9.87. The van der Waals surface area contributed by atoms with Gasteiger partial charge in [-0.05, 0) is 59.4 Å². The third kappa shape index (κ3) is 7.45. The monoisotopic (exact) mass is 501 g/mol. The molecule has 0 radical (unpaired) electrons. The first-order valence-corrected chi connectivity index (χ1v) is 12.7. The molecule has 4 rings (SSSR count). The van der Waals surface area contributed by atoms with Crippen LogP contribution in [0.4, 0.5) is 0 Å². The summed E-state index contributed by atoms with van der Waals surface area (Å²) in [5.41, 5.74) is 4.79. The normalized spacial score (nSPS) is 11.9. The van der Waals surface area contributed by atoms with E-state index in [2.05, 4.69) is 53.8 Å². The van der Waals surface area contributed by atoms with Crippen molar-refractivity contribution in [3.63, 3.8) is 0 Å². The van der Waals surface area contributed by atoms with E-state index in [1.807, 2.05) is 60.7 Å². The molecule has 35 heavy (non-hydrogen) atoms. The molecule has 4 aromatic carbocycles. The maximum Gasteiger partial charge on any atom is 0.220 e. The minimum atomic E-state index is 0.0666. The first-order chi connectivity index (χ1) is 17.1. The van der Waals surface area contributed by atoms with Crippen LogP contribution in [-0.2, 0) is 11.2 Å². The number of halogens is 2. The van der Waals surface area contributed by atoms with Gasteiger partial charge in [-0.1, -0.05) is 108 Å². The van der Waals surface area contributed by atoms with Crippen LogP contribution >= 0.6 is 23.2 Å². The zero-order valence-electron chi connectivity index (χ0n) is 19.5. The van der Waals surface area contributed by atoms with Crippen molar-refractivity contribution in [3.8, 4) is 0 Å². The van der Waals surface area contributed by atoms with E-state index in [1.54, 1.807) is 0 Å². The van der Waals surface area contributed by atoms with Crippen molar-refractivity contribution in [1.29, 1.82) is 0 Å². The van der Waals surface area contributed by atoms with Gasteiger partial charge in [0.2, 0.25) is 5.91 Å². The molecule has 0 heterocycles. The predicted molar refractivity (Wildman–Crippen MR) is 146 cm³/mol. The lowest BCUT2D eigenvalue weighted by Crippen LogP contribution is -2.29. The van der Waals surface area contributed by atoms with E-state index in [0.717, 1.165) is 23.4 Å². The molecule has 0 saturated carbocycles. The molecule has 0 aliphatic carbocycles. The third-order valence-corrected chi connectivity index (χ3v) is 6.85. The molecular weight excluding hydrogens is 473 g/mol. The van der Waals surface area contributed by atoms with E-state index < -0.39 is 0 Å². The van der Waals surface area contributed by atoms with E-state index in [9.17, 15) is 4.79 Å². The zero-order valence-corrected chi connectivity index (χ0v) is 21.1. The van der Waals surface area contributed by atoms with Gasteiger partial charge in [-0.15, -0.1) is 0 Å². The van der Waals surface area contributed by atoms with Gasteiger partial charge in [0.25, 0.3) is 0 Å². The van der Waals surface area contributed by atoms with Crippen LogP contribution in [-0.4, -0.2) is 12.5 Å². The van der Waals surface area contributed by atoms with Crippen LogP contribution in [0.1, 0.15) is 46.9 Å². The molecule has 0 unspecified atom stereocenters. The summed E-state index contributed by atoms with van der Waals surface area (Å²) in [6, 6.07) is 36.6. The Kier molecular flexibility index (Phi) is 9.00. The summed E-state index contributed by atoms with van der Waals surface area (Å²) in [6.07, 6.45) is 2.02. The van der Waals surface area contributed by atoms with Crippen molar-refractivity contribution >= 4 is 29.1 Å². The summed E-state index contributed by atoms with van der Waals surface area (Å²) in [6.45, 7) is 0.560. The highest BCUT2D eigenvalue weighted by Crippen LogP contribution is 2.29. The van der Waals surface area contributed by atoms with Gasteiger partial charge >= 0.3 is 0 Å². The molecule has 1 atom stereocenters. The van der Waals surface area contributed by atoms with Crippen LogP contribution < -0.4 is 5.32 Å². The van der Waals surface area contributed by atoms with Crippen LogP contribution in [0, 0.1) is 0 Å². The minimum Gasteiger partial charge on any atom is -0.355 e. The van der Waals surface area contributed by atoms with E-state index >= 15 is 0 Å². The molecule has 0 aliphatic rings. The highest BCUT2D eigenvalue weighted by atomic mass is 35.5. The SMILES string of the molecule is O=C(CCC(c1ccccc1)c1ccccc1)NC[C@H](Cc1ccc(Cl)cc1)c1ccc(Cl)cc1. The Morgan fingerprint density at radius 3 is 1.71 bits per heavy atom. The summed E-state index contributed by atoms with van der Waals surface area (Å²) in [4.78, 5) is 12.9. The van der Waals surface area contributed by atoms with Gasteiger partial charge in [-0.2, -0.15) is 0 Å². The van der Waals surface area contributed by atoms with Crippen molar-refractivity contribution < 1.29 is 4.79 Å². The lowest BCUT2D eigenvalue weighted by Gasteiger charge is -2.20. The Hall–Kier alpha value is -3.07. The molecule has 2 nitrogen and oxygen atoms in total. The Morgan fingerprint density at radius 2 is 1.17 bits per heavy atom. The Balaban J connectivity index is 1.41. The van der Waals surface area contributed by atoms with E-state index in [-0.39, 0.29) is 17.7 Å². The smallest absolute Gasteiger partial charge is 0.220 e. The van der Waals surface area contributed by atoms with Crippen molar-refractivity contribution in [3.05, 3.63) is 141 Å². The average Bonchev–Trinajstić information content (AvgIpc) is 2.89. The highest BCUT2D eigenvalue weighted by Gasteiger charge is 2.18. The maximum absolute atomic E-state index is 12.9. The van der Waals surface area contributed by atoms with Gasteiger partial charge in [0.05, 0.1) is 0 Å². The molecule has 4 aromatic rings. The molecule has 178 valence electrons. The number of benzene rings is 4. The second kappa shape index (κ2) is 12.6. The van der Waals surface area contributed by atoms with E-state index in [4.69, 9.17) is 23.2 Å². The summed E-state index contributed by atoms with van der Waals surface area (Å²) >= 11 is 12.2. The number of hydrogen-bond donors (Lipinski definition) is 1. The molecule has 4 heteroatoms. The number of amides is 1. The van der Waals surface area contributed by atoms with Crippen LogP contribution in [0.25, 0.3) is 0 Å². The number of carbonyl (C=O) groups is 1. The van der Waals surface area contributed by atoms with Crippen molar-refractivity contribution in [2.45, 2.75) is 31.1 Å². The minimum absolute atomic E-state index is 0.0666. The number of hydrogen-bond acceptors (Lipinski definition) is 1. The summed E-state index contributed by atoms with van der Waals surface area (Å²) in [7, 11) is 0. The van der Waals surface area contributed by atoms with Crippen LogP contribution in [0.15, 0.2) is 109 Å². The topological polar surface area (TPSA) is 29.1 Å². The molecule has 0 aliphatic heterocycles. The van der Waals surface area contributed by atoms with Crippen molar-refractivity contribution in [2.24, 2.45) is 0 Å². The largest absolute Gasteiger partial charge is 0.355 e. The second-order valence-electron chi connectivity index (χ2n) is 8.80. The van der Waals surface area contributed by atoms with Crippen LogP contribution in [0.3, 0.4) is 0 Å². The third-order valence-electron chi connectivity index (χ3n) is 6.35. The molecule has 0 aromatic heterocycles. The molecule has 1 N–H and O–H groups in total. The van der Waals surface area contributed by atoms with Gasteiger partial charge < -0.3 is 5.32 Å². The number of carbonyl (C=O) groups excluding carboxylic acids is 1. The average molecular weight is 502 g/mol. The van der Waals surface area contributed by atoms with E-state index in [0.29, 0.717) is 18.0 Å². The second-order valence-corrected chi connectivity index (χ2v) is 9.67. The maximum atomic E-state index is 12.9. The standard InChI is InChI=1S/C31H29Cl2NO/c32-28-15-11-23(12-16-28)21-27(24-13-17-29(33)18-14-24)22-34-31(35)20-19-30(25-7-3-1-4-8-25)26-9-5-2-6-10-26/h1-18,27,30H,19-22H2,(H,34,35)/t27-/m0/s1. The summed E-state index contributed by atoms with van der Waals surface area (Å²) in [5.74, 6) is 0.387. The van der Waals surface area contributed by atoms with Crippen molar-refractivity contribution in [1.82, 2.24) is 5.32 Å². The van der Waals surface area contributed by atoms with Crippen molar-refractivity contribution in [2.75, 3.05) is 6.54 Å². The molecule has 1 amide bonds. The zero-order chi connectivity index (χ0) is 24.5. The fourth-order valence-electron chi connectivity index (χ4n) is 4.45. The molecule has 0 bridgehead atoms. The van der Waals surface area contributed by atoms with Gasteiger partial charge in [-0.3, -0.25) is 4.79 Å². The number of nitrogens with one attached hydrogen (secondary N) is 1. The molecule has 0 spiro atoms. The van der Waals surface area contributed by atoms with Gasteiger partial charge in [0.1, 0.15) is 0 Å². The first-order valence-electron chi connectivity index (χ1n) is 11.9. The summed E-state index contributed by atoms with van der Waals surface area (Å²) in [5, 5.41) is 4.61. The first kappa shape index (κ1) is 25.0. The van der Waals surface area contributed by atoms with Gasteiger partial charge in [-0.25, -0.2) is 0 Å². The van der Waals surface area contributed by atoms with Gasteiger partial charge in [0, 0.05) is 34.8 Å². The van der Waals surface area contributed by atoms with E-state index in [1.165, 1.54) is 16.7 Å². The fourth-order valence-corrected chi connectivity index (χ4v) is 4.70. The summed E-state index contributed by atoms with van der Waals surface area (Å²) < 4.78 is 0. The quantitative estimate of drug-likeness (QED) is 0.234. The Morgan fingerprint density at radius 1 is 0.657 bits per heavy atom. The highest BCUT2D eigenvalue weighted by molar-refractivity contribution is 6.30. The predicted octanol–water partition coefficient (Wildman–Crippen LogP) is 8.05. The van der Waals surface area contributed by atoms with Crippen LogP contribution in [0.5, 0.6) is 0 Å². The molecule has 0 fully saturated rings. The molecular formula is C31H29Cl2NO. The fraction of sp³-hybridized carbons (Fsp3) is 0.194. The Bertz CT molecular complexity index is 1150. The number of rotatable bonds is 10. The lowest BCUT2D eigenvalue weighted by molar-refractivity contribution is -0.121. The van der Waals surface area contributed by atoms with Gasteiger partial charge in [0.15, 0.2) is 0 Å².